The van der Waals surface area contributed by atoms with E-state index in [0.29, 0.717) is 17.4 Å². The summed E-state index contributed by atoms with van der Waals surface area (Å²) in [4.78, 5) is 29.7. The molecule has 35 heavy (non-hydrogen) atoms. The highest BCUT2D eigenvalue weighted by Gasteiger charge is 2.20. The average Bonchev–Trinajstić information content (AvgIpc) is 3.22. The first kappa shape index (κ1) is 24.6. The maximum atomic E-state index is 15.0. The number of thiophene rings is 1. The predicted molar refractivity (Wildman–Crippen MR) is 135 cm³/mol. The molecular weight excluding hydrogens is 517 g/mol. The van der Waals surface area contributed by atoms with E-state index in [4.69, 9.17) is 11.6 Å². The molecule has 0 saturated heterocycles. The van der Waals surface area contributed by atoms with Gasteiger partial charge in [-0.1, -0.05) is 11.6 Å². The predicted octanol–water partition coefficient (Wildman–Crippen LogP) is 4.49. The van der Waals surface area contributed by atoms with Gasteiger partial charge in [-0.2, -0.15) is 0 Å². The molecule has 0 radical (unpaired) electrons. The molecule has 0 spiro atoms. The van der Waals surface area contributed by atoms with Gasteiger partial charge in [-0.25, -0.2) is 27.3 Å². The molecule has 9 nitrogen and oxygen atoms in total. The lowest BCUT2D eigenvalue weighted by Crippen LogP contribution is -2.34. The fraction of sp³-hybridized carbons (Fsp3) is 0.136. The lowest BCUT2D eigenvalue weighted by Gasteiger charge is -2.14. The highest BCUT2D eigenvalue weighted by molar-refractivity contribution is 7.92. The van der Waals surface area contributed by atoms with E-state index >= 15 is 4.39 Å². The van der Waals surface area contributed by atoms with Crippen LogP contribution < -0.4 is 20.9 Å². The summed E-state index contributed by atoms with van der Waals surface area (Å²) in [6.45, 7) is 4.24. The third kappa shape index (κ3) is 5.14. The molecule has 2 aromatic carbocycles. The number of carbonyl (C=O) groups is 1. The van der Waals surface area contributed by atoms with Gasteiger partial charge in [-0.3, -0.25) is 9.36 Å². The number of sulfonamides is 1. The third-order valence-corrected chi connectivity index (χ3v) is 7.96. The summed E-state index contributed by atoms with van der Waals surface area (Å²) >= 11 is 6.53. The zero-order valence-corrected chi connectivity index (χ0v) is 20.8. The Morgan fingerprint density at radius 3 is 2.54 bits per heavy atom. The van der Waals surface area contributed by atoms with Crippen LogP contribution in [0.4, 0.5) is 20.6 Å². The topological polar surface area (TPSA) is 122 Å². The molecule has 0 atom stereocenters. The van der Waals surface area contributed by atoms with Crippen molar-refractivity contribution < 1.29 is 17.6 Å². The number of benzene rings is 2. The van der Waals surface area contributed by atoms with Gasteiger partial charge in [0.05, 0.1) is 20.9 Å². The highest BCUT2D eigenvalue weighted by atomic mass is 35.5. The van der Waals surface area contributed by atoms with E-state index in [-0.39, 0.29) is 25.7 Å². The fourth-order valence-electron chi connectivity index (χ4n) is 3.43. The lowest BCUT2D eigenvalue weighted by atomic mass is 10.2. The number of anilines is 2. The van der Waals surface area contributed by atoms with E-state index in [1.54, 1.807) is 25.1 Å². The summed E-state index contributed by atoms with van der Waals surface area (Å²) in [5, 5.41) is 5.73. The number of fused-ring (bicyclic) bond motifs is 1. The van der Waals surface area contributed by atoms with Crippen molar-refractivity contribution in [1.29, 1.82) is 0 Å². The van der Waals surface area contributed by atoms with Crippen LogP contribution in [0, 0.1) is 12.7 Å². The van der Waals surface area contributed by atoms with Crippen molar-refractivity contribution >= 4 is 61.3 Å². The Bertz CT molecular complexity index is 1620. The number of carbonyl (C=O) groups excluding carboxylic acids is 1. The molecular formula is C22H19ClFN5O4S2. The molecule has 2 heterocycles. The maximum absolute atomic E-state index is 15.0. The van der Waals surface area contributed by atoms with Crippen molar-refractivity contribution in [2.45, 2.75) is 18.1 Å². The number of urea groups is 1. The average molecular weight is 536 g/mol. The van der Waals surface area contributed by atoms with Gasteiger partial charge >= 0.3 is 6.03 Å². The van der Waals surface area contributed by atoms with E-state index in [1.807, 2.05) is 11.6 Å². The van der Waals surface area contributed by atoms with Gasteiger partial charge in [0.25, 0.3) is 15.6 Å². The molecule has 0 saturated carbocycles. The summed E-state index contributed by atoms with van der Waals surface area (Å²) in [5.41, 5.74) is 0.759. The number of nitrogens with one attached hydrogen (secondary N) is 3. The quantitative estimate of drug-likeness (QED) is 0.334. The van der Waals surface area contributed by atoms with Gasteiger partial charge in [0.1, 0.15) is 15.9 Å². The minimum Gasteiger partial charge on any atom is -0.385 e. The first-order chi connectivity index (χ1) is 16.6. The van der Waals surface area contributed by atoms with E-state index in [1.165, 1.54) is 24.3 Å². The molecule has 3 N–H and O–H groups in total. The molecule has 0 aliphatic heterocycles. The van der Waals surface area contributed by atoms with Crippen molar-refractivity contribution in [3.8, 4) is 5.69 Å². The molecule has 2 aromatic heterocycles. The van der Waals surface area contributed by atoms with Crippen LogP contribution in [-0.4, -0.2) is 30.5 Å². The highest BCUT2D eigenvalue weighted by Crippen LogP contribution is 2.25. The zero-order valence-electron chi connectivity index (χ0n) is 18.4. The Kier molecular flexibility index (Phi) is 6.79. The van der Waals surface area contributed by atoms with Gasteiger partial charge in [0.15, 0.2) is 0 Å². The number of halogens is 2. The van der Waals surface area contributed by atoms with Crippen LogP contribution in [0.1, 0.15) is 12.7 Å². The second-order valence-electron chi connectivity index (χ2n) is 7.35. The number of hydrogen-bond donors (Lipinski definition) is 3. The van der Waals surface area contributed by atoms with Crippen LogP contribution in [0.25, 0.3) is 16.6 Å². The Morgan fingerprint density at radius 2 is 1.89 bits per heavy atom. The SMILES string of the molecule is CCNc1ccc2c(=O)n(-c3ccc(NC(=O)NS(=O)(=O)c4ccc(Cl)s4)cc3F)c(C)nc2c1. The van der Waals surface area contributed by atoms with Gasteiger partial charge in [-0.15, -0.1) is 11.3 Å². The molecule has 0 unspecified atom stereocenters. The monoisotopic (exact) mass is 535 g/mol. The van der Waals surface area contributed by atoms with Gasteiger partial charge in [0, 0.05) is 17.9 Å². The second kappa shape index (κ2) is 9.64. The number of aryl methyl sites for hydroxylation is 1. The minimum atomic E-state index is -4.14. The van der Waals surface area contributed by atoms with Crippen LogP contribution in [0.2, 0.25) is 4.34 Å². The Morgan fingerprint density at radius 1 is 1.14 bits per heavy atom. The third-order valence-electron chi connectivity index (χ3n) is 4.90. The zero-order chi connectivity index (χ0) is 25.3. The van der Waals surface area contributed by atoms with Crippen LogP contribution in [-0.2, 0) is 10.0 Å². The molecule has 4 aromatic rings. The Hall–Kier alpha value is -3.48. The molecule has 13 heteroatoms. The maximum Gasteiger partial charge on any atom is 0.333 e. The Labute approximate surface area is 208 Å². The number of nitrogens with zero attached hydrogens (tertiary/aromatic N) is 2. The van der Waals surface area contributed by atoms with E-state index in [9.17, 15) is 18.0 Å². The molecule has 182 valence electrons. The van der Waals surface area contributed by atoms with Crippen molar-refractivity contribution in [1.82, 2.24) is 14.3 Å². The first-order valence-corrected chi connectivity index (χ1v) is 12.9. The minimum absolute atomic E-state index is 0.0158. The molecule has 0 bridgehead atoms. The van der Waals surface area contributed by atoms with E-state index in [2.05, 4.69) is 15.6 Å². The fourth-order valence-corrected chi connectivity index (χ4v) is 5.82. The second-order valence-corrected chi connectivity index (χ2v) is 11.0. The molecule has 0 aliphatic rings. The summed E-state index contributed by atoms with van der Waals surface area (Å²) < 4.78 is 42.6. The smallest absolute Gasteiger partial charge is 0.333 e. The van der Waals surface area contributed by atoms with Crippen LogP contribution >= 0.6 is 22.9 Å². The largest absolute Gasteiger partial charge is 0.385 e. The van der Waals surface area contributed by atoms with Crippen LogP contribution in [0.5, 0.6) is 0 Å². The Balaban J connectivity index is 1.60. The van der Waals surface area contributed by atoms with Crippen LogP contribution in [0.15, 0.2) is 57.5 Å². The molecule has 2 amide bonds. The molecule has 4 rings (SSSR count). The lowest BCUT2D eigenvalue weighted by molar-refractivity contribution is 0.256. The van der Waals surface area contributed by atoms with Crippen LogP contribution in [0.3, 0.4) is 0 Å². The summed E-state index contributed by atoms with van der Waals surface area (Å²) in [5.74, 6) is -0.541. The molecule has 0 fully saturated rings. The van der Waals surface area contributed by atoms with Crippen molar-refractivity contribution in [3.05, 3.63) is 74.9 Å². The van der Waals surface area contributed by atoms with Crippen molar-refractivity contribution in [2.75, 3.05) is 17.2 Å². The summed E-state index contributed by atoms with van der Waals surface area (Å²) in [6.07, 6.45) is 0. The summed E-state index contributed by atoms with van der Waals surface area (Å²) in [6, 6.07) is 10.3. The number of aromatic nitrogens is 2. The number of amides is 2. The first-order valence-electron chi connectivity index (χ1n) is 10.3. The standard InChI is InChI=1S/C22H19ClFN5O4S2/c1-3-25-13-4-6-15-17(11-13)26-12(2)29(21(15)30)18-7-5-14(10-16(18)24)27-22(31)28-35(32,33)20-9-8-19(23)34-20/h4-11,25H,3H2,1-2H3,(H2,27,28,31). The van der Waals surface area contributed by atoms with Crippen molar-refractivity contribution in [3.63, 3.8) is 0 Å². The van der Waals surface area contributed by atoms with Gasteiger partial charge in [-0.05, 0) is 62.4 Å². The number of rotatable bonds is 6. The number of hydrogen-bond acceptors (Lipinski definition) is 7. The molecule has 0 aliphatic carbocycles. The normalized spacial score (nSPS) is 11.4. The van der Waals surface area contributed by atoms with Gasteiger partial charge in [0.2, 0.25) is 0 Å². The van der Waals surface area contributed by atoms with Gasteiger partial charge < -0.3 is 10.6 Å². The van der Waals surface area contributed by atoms with E-state index in [0.717, 1.165) is 27.7 Å². The van der Waals surface area contributed by atoms with Crippen molar-refractivity contribution in [2.24, 2.45) is 0 Å². The summed E-state index contributed by atoms with van der Waals surface area (Å²) in [7, 11) is -4.14. The van der Waals surface area contributed by atoms with E-state index < -0.39 is 27.4 Å².